The molecule has 7 rings (SSSR count). The number of nitrogens with one attached hydrogen (secondary N) is 2. The van der Waals surface area contributed by atoms with Crippen molar-refractivity contribution in [1.29, 1.82) is 0 Å². The van der Waals surface area contributed by atoms with Crippen LogP contribution in [0.5, 0.6) is 5.75 Å². The zero-order chi connectivity index (χ0) is 52.8. The molecule has 0 unspecified atom stereocenters. The average Bonchev–Trinajstić information content (AvgIpc) is 4.09. The number of carbonyl (C=O) groups is 7. The number of aliphatic hydroxyl groups is 2. The van der Waals surface area contributed by atoms with E-state index in [1.807, 2.05) is 13.8 Å². The number of amides is 3. The number of aliphatic hydroxyl groups excluding tert-OH is 2. The van der Waals surface area contributed by atoms with Crippen molar-refractivity contribution < 1.29 is 63.1 Å². The Morgan fingerprint density at radius 1 is 0.904 bits per heavy atom. The maximum Gasteiger partial charge on any atom is 0.410 e. The Balaban J connectivity index is 0.979. The number of nitrogens with zero attached hydrogens (tertiary/aromatic N) is 1. The third kappa shape index (κ3) is 11.1. The Kier molecular flexibility index (Phi) is 16.7. The number of rotatable bonds is 23. The van der Waals surface area contributed by atoms with Crippen molar-refractivity contribution in [3.63, 3.8) is 0 Å². The predicted octanol–water partition coefficient (Wildman–Crippen LogP) is 3.25. The van der Waals surface area contributed by atoms with Gasteiger partial charge in [-0.3, -0.25) is 28.8 Å². The lowest BCUT2D eigenvalue weighted by atomic mass is 9.69. The summed E-state index contributed by atoms with van der Waals surface area (Å²) in [5.41, 5.74) is 9.20. The number of unbranched alkanes of at least 4 members (excludes halogenated alkanes) is 1. The number of epoxide rings is 1. The monoisotopic (exact) mass is 999 g/mol. The molecule has 2 aliphatic heterocycles. The number of ether oxygens (including phenoxy) is 3. The molecule has 2 aliphatic carbocycles. The first kappa shape index (κ1) is 53.6. The molecule has 2 heterocycles. The van der Waals surface area contributed by atoms with Crippen molar-refractivity contribution in [2.45, 2.75) is 114 Å². The van der Waals surface area contributed by atoms with E-state index in [1.165, 1.54) is 49.2 Å². The van der Waals surface area contributed by atoms with E-state index < -0.39 is 76.6 Å². The highest BCUT2D eigenvalue weighted by Crippen LogP contribution is 2.67. The topological polar surface area (TPSA) is 291 Å². The lowest BCUT2D eigenvalue weighted by molar-refractivity contribution is -0.133. The number of primary amides is 1. The summed E-state index contributed by atoms with van der Waals surface area (Å²) in [4.78, 5) is 94.5. The summed E-state index contributed by atoms with van der Waals surface area (Å²) in [7, 11) is 1.50. The summed E-state index contributed by atoms with van der Waals surface area (Å²) >= 11 is 0. The molecule has 0 aromatic heterocycles. The smallest absolute Gasteiger partial charge is 0.410 e. The minimum Gasteiger partial charge on any atom is -0.507 e. The largest absolute Gasteiger partial charge is 0.507 e. The molecule has 0 radical (unpaired) electrons. The highest BCUT2D eigenvalue weighted by Gasteiger charge is 2.82. The molecule has 1 fully saturated rings. The van der Waals surface area contributed by atoms with Crippen LogP contribution >= 0.6 is 0 Å². The molecule has 0 saturated carbocycles. The van der Waals surface area contributed by atoms with E-state index in [1.54, 1.807) is 30.3 Å². The van der Waals surface area contributed by atoms with Gasteiger partial charge in [-0.25, -0.2) is 4.79 Å². The Labute approximate surface area is 423 Å². The number of fused-ring (bicyclic) bond motifs is 4. The van der Waals surface area contributed by atoms with Gasteiger partial charge < -0.3 is 56.5 Å². The lowest BCUT2D eigenvalue weighted by Gasteiger charge is -2.37. The van der Waals surface area contributed by atoms with Gasteiger partial charge in [-0.1, -0.05) is 74.3 Å². The van der Waals surface area contributed by atoms with Gasteiger partial charge in [0, 0.05) is 68.4 Å². The zero-order valence-corrected chi connectivity index (χ0v) is 41.2. The number of allylic oxidation sites excluding steroid dienone is 2. The van der Waals surface area contributed by atoms with Crippen LogP contribution in [0.15, 0.2) is 60.7 Å². The number of nitrogens with two attached hydrogens (primary N) is 2. The molecule has 2 bridgehead atoms. The van der Waals surface area contributed by atoms with Gasteiger partial charge in [0.2, 0.25) is 11.8 Å². The first-order valence-corrected chi connectivity index (χ1v) is 24.3. The van der Waals surface area contributed by atoms with Crippen LogP contribution < -0.4 is 22.1 Å². The van der Waals surface area contributed by atoms with Gasteiger partial charge in [-0.2, -0.15) is 0 Å². The zero-order valence-electron chi connectivity index (χ0n) is 41.2. The summed E-state index contributed by atoms with van der Waals surface area (Å²) in [6, 6.07) is 10.8. The number of aromatic hydroxyl groups is 1. The SMILES string of the molecule is CC(C)[C@H](CC(=O)CCOCCN)C(=O)N[C@@H](CCCCC(N)=O)C(=O)Cc1ccc(COC(=O)N(C)Cc2ccc3c(c2)C(=O)c2c(O)cc4c(c2C3=O)N[C@H]2C#C/C=C\C#C[C@@H](O)[C@@]43O[C@@]23[C@@H](C)O)cc1. The number of ketones is 4. The first-order chi connectivity index (χ1) is 34.8. The molecule has 3 aromatic carbocycles. The third-order valence-electron chi connectivity index (χ3n) is 13.8. The maximum atomic E-state index is 14.4. The Bertz CT molecular complexity index is 2850. The fourth-order valence-corrected chi connectivity index (χ4v) is 9.85. The van der Waals surface area contributed by atoms with Gasteiger partial charge in [0.1, 0.15) is 24.2 Å². The second-order valence-corrected chi connectivity index (χ2v) is 19.2. The average molecular weight is 1000 g/mol. The molecule has 9 N–H and O–H groups in total. The minimum absolute atomic E-state index is 0.00291. The highest BCUT2D eigenvalue weighted by molar-refractivity contribution is 6.31. The van der Waals surface area contributed by atoms with Crippen LogP contribution in [0.1, 0.15) is 113 Å². The molecular formula is C55H61N5O13. The van der Waals surface area contributed by atoms with Crippen LogP contribution in [0, 0.1) is 35.5 Å². The summed E-state index contributed by atoms with van der Waals surface area (Å²) in [5, 5.41) is 40.0. The van der Waals surface area contributed by atoms with Gasteiger partial charge in [-0.05, 0) is 72.7 Å². The summed E-state index contributed by atoms with van der Waals surface area (Å²) in [5.74, 6) is 7.33. The lowest BCUT2D eigenvalue weighted by Crippen LogP contribution is -2.54. The maximum absolute atomic E-state index is 14.4. The fraction of sp³-hybridized carbons (Fsp3) is 0.436. The van der Waals surface area contributed by atoms with E-state index >= 15 is 0 Å². The third-order valence-corrected chi connectivity index (χ3v) is 13.8. The number of phenols is 1. The van der Waals surface area contributed by atoms with Gasteiger partial charge >= 0.3 is 6.09 Å². The van der Waals surface area contributed by atoms with E-state index in [9.17, 15) is 48.9 Å². The number of carbonyl (C=O) groups excluding carboxylic acids is 7. The molecule has 4 aliphatic rings. The van der Waals surface area contributed by atoms with Crippen molar-refractivity contribution in [2.75, 3.05) is 32.1 Å². The van der Waals surface area contributed by atoms with Crippen molar-refractivity contribution in [3.05, 3.63) is 105 Å². The molecule has 73 heavy (non-hydrogen) atoms. The summed E-state index contributed by atoms with van der Waals surface area (Å²) in [6.07, 6.45) is 0.928. The standard InChI is InChI=1S/C55H61N5O13/c1-31(2)38(27-36(62)21-23-71-24-22-56)52(69)58-41(11-9-10-14-46(57)66)42(63)26-33-15-17-34(18-16-33)30-72-53(70)60(4)29-35-19-20-37-39(25-35)51(68)47-43(64)28-40-49(48(47)50(37)67)59-44-12-7-5-6-8-13-45(65)55(40)54(44,73-55)32(3)61/h5-6,15-20,25,28,31-32,38,41,44-45,59,61,64-65H,9-11,14,21-24,26-27,29-30,56H2,1-4H3,(H2,57,66)(H,58,69)/b6-5-/t32-,38+,41+,44+,45-,54+,55+/m1/s1. The summed E-state index contributed by atoms with van der Waals surface area (Å²) in [6.45, 7) is 5.88. The van der Waals surface area contributed by atoms with Crippen LogP contribution in [0.4, 0.5) is 10.5 Å². The van der Waals surface area contributed by atoms with Crippen LogP contribution in [0.25, 0.3) is 0 Å². The van der Waals surface area contributed by atoms with E-state index in [-0.39, 0.29) is 103 Å². The van der Waals surface area contributed by atoms with Crippen molar-refractivity contribution in [3.8, 4) is 29.4 Å². The molecular weight excluding hydrogens is 939 g/mol. The van der Waals surface area contributed by atoms with Gasteiger partial charge in [-0.15, -0.1) is 0 Å². The van der Waals surface area contributed by atoms with Crippen LogP contribution in [0.2, 0.25) is 0 Å². The van der Waals surface area contributed by atoms with Crippen LogP contribution in [-0.2, 0) is 58.6 Å². The van der Waals surface area contributed by atoms with Crippen molar-refractivity contribution in [2.24, 2.45) is 23.3 Å². The molecule has 7 atom stereocenters. The molecule has 3 aromatic rings. The highest BCUT2D eigenvalue weighted by atomic mass is 16.7. The van der Waals surface area contributed by atoms with Crippen molar-refractivity contribution in [1.82, 2.24) is 10.2 Å². The molecule has 0 spiro atoms. The minimum atomic E-state index is -1.70. The van der Waals surface area contributed by atoms with Crippen molar-refractivity contribution >= 4 is 46.7 Å². The van der Waals surface area contributed by atoms with E-state index in [4.69, 9.17) is 25.7 Å². The summed E-state index contributed by atoms with van der Waals surface area (Å²) < 4.78 is 17.1. The van der Waals surface area contributed by atoms with Crippen LogP contribution in [-0.4, -0.2) is 118 Å². The molecule has 384 valence electrons. The molecule has 18 nitrogen and oxygen atoms in total. The number of anilines is 1. The fourth-order valence-electron chi connectivity index (χ4n) is 9.85. The molecule has 3 amide bonds. The quantitative estimate of drug-likeness (QED) is 0.0243. The Morgan fingerprint density at radius 2 is 1.59 bits per heavy atom. The Morgan fingerprint density at radius 3 is 2.27 bits per heavy atom. The van der Waals surface area contributed by atoms with Gasteiger partial charge in [0.05, 0.1) is 42.2 Å². The van der Waals surface area contributed by atoms with E-state index in [0.717, 1.165) is 0 Å². The number of hydrogen-bond acceptors (Lipinski definition) is 15. The van der Waals surface area contributed by atoms with Gasteiger partial charge in [0.25, 0.3) is 0 Å². The number of benzene rings is 3. The second-order valence-electron chi connectivity index (χ2n) is 19.2. The van der Waals surface area contributed by atoms with Gasteiger partial charge in [0.15, 0.2) is 34.7 Å². The van der Waals surface area contributed by atoms with E-state index in [0.29, 0.717) is 42.7 Å². The first-order valence-electron chi connectivity index (χ1n) is 24.3. The molecule has 1 saturated heterocycles. The van der Waals surface area contributed by atoms with E-state index in [2.05, 4.69) is 34.3 Å². The second kappa shape index (κ2) is 22.7. The Hall–Kier alpha value is -7.19. The normalized spacial score (nSPS) is 21.4. The molecule has 18 heteroatoms. The van der Waals surface area contributed by atoms with Crippen LogP contribution in [0.3, 0.4) is 0 Å². The predicted molar refractivity (Wildman–Crippen MR) is 266 cm³/mol. The number of Topliss-reactive ketones (excluding diaryl/α,β-unsaturated/α-hetero) is 2. The number of phenolic OH excluding ortho intramolecular Hbond substituents is 1. The number of hydrogen-bond donors (Lipinski definition) is 7.